The van der Waals surface area contributed by atoms with Gasteiger partial charge in [-0.25, -0.2) is 0 Å². The zero-order valence-electron chi connectivity index (χ0n) is 13.5. The van der Waals surface area contributed by atoms with Crippen molar-refractivity contribution < 1.29 is 4.79 Å². The normalized spacial score (nSPS) is 17.7. The number of pyridine rings is 1. The highest BCUT2D eigenvalue weighted by Gasteiger charge is 2.15. The highest BCUT2D eigenvalue weighted by atomic mass is 16.1. The number of nitrogens with zero attached hydrogens (tertiary/aromatic N) is 1. The number of amides is 1. The molecule has 4 nitrogen and oxygen atoms in total. The van der Waals surface area contributed by atoms with E-state index in [2.05, 4.69) is 27.8 Å². The first-order valence-electron chi connectivity index (χ1n) is 8.33. The number of rotatable bonds is 4. The van der Waals surface area contributed by atoms with Crippen molar-refractivity contribution in [1.29, 1.82) is 0 Å². The van der Waals surface area contributed by atoms with E-state index < -0.39 is 0 Å². The Morgan fingerprint density at radius 3 is 2.70 bits per heavy atom. The molecule has 2 N–H and O–H groups in total. The maximum Gasteiger partial charge on any atom is 0.257 e. The third-order valence-electron chi connectivity index (χ3n) is 4.39. The summed E-state index contributed by atoms with van der Waals surface area (Å²) in [5.74, 6) is 0.464. The largest absolute Gasteiger partial charge is 0.322 e. The molecule has 1 unspecified atom stereocenters. The molecule has 4 heteroatoms. The van der Waals surface area contributed by atoms with Crippen molar-refractivity contribution in [2.75, 3.05) is 18.4 Å². The zero-order valence-corrected chi connectivity index (χ0v) is 13.5. The molecule has 0 radical (unpaired) electrons. The van der Waals surface area contributed by atoms with Gasteiger partial charge in [-0.3, -0.25) is 9.78 Å². The number of anilines is 1. The molecule has 23 heavy (non-hydrogen) atoms. The summed E-state index contributed by atoms with van der Waals surface area (Å²) < 4.78 is 0. The first kappa shape index (κ1) is 15.7. The average Bonchev–Trinajstić information content (AvgIpc) is 2.63. The molecular weight excluding hydrogens is 286 g/mol. The molecule has 0 saturated carbocycles. The molecular formula is C19H23N3O. The van der Waals surface area contributed by atoms with Crippen molar-refractivity contribution in [3.8, 4) is 0 Å². The van der Waals surface area contributed by atoms with Crippen molar-refractivity contribution in [3.63, 3.8) is 0 Å². The Morgan fingerprint density at radius 2 is 2.09 bits per heavy atom. The lowest BCUT2D eigenvalue weighted by atomic mass is 9.91. The number of nitrogens with one attached hydrogen (secondary N) is 2. The minimum atomic E-state index is -0.118. The van der Waals surface area contributed by atoms with Crippen LogP contribution in [0.2, 0.25) is 0 Å². The van der Waals surface area contributed by atoms with Crippen LogP contribution in [-0.4, -0.2) is 24.0 Å². The van der Waals surface area contributed by atoms with Gasteiger partial charge >= 0.3 is 0 Å². The van der Waals surface area contributed by atoms with E-state index in [0.29, 0.717) is 11.5 Å². The molecule has 0 spiro atoms. The first-order valence-corrected chi connectivity index (χ1v) is 8.33. The van der Waals surface area contributed by atoms with Crippen LogP contribution in [0, 0.1) is 0 Å². The number of carbonyl (C=O) groups excluding carboxylic acids is 1. The van der Waals surface area contributed by atoms with E-state index in [0.717, 1.165) is 30.9 Å². The van der Waals surface area contributed by atoms with E-state index in [-0.39, 0.29) is 5.91 Å². The Labute approximate surface area is 137 Å². The van der Waals surface area contributed by atoms with Gasteiger partial charge in [0, 0.05) is 24.1 Å². The van der Waals surface area contributed by atoms with Crippen molar-refractivity contribution in [1.82, 2.24) is 10.3 Å². The second kappa shape index (κ2) is 7.38. The van der Waals surface area contributed by atoms with Crippen molar-refractivity contribution in [2.45, 2.75) is 32.1 Å². The predicted molar refractivity (Wildman–Crippen MR) is 92.9 cm³/mol. The lowest BCUT2D eigenvalue weighted by molar-refractivity contribution is 0.102. The highest BCUT2D eigenvalue weighted by Crippen LogP contribution is 2.24. The zero-order chi connectivity index (χ0) is 16.1. The van der Waals surface area contributed by atoms with Crippen LogP contribution in [0.3, 0.4) is 0 Å². The van der Waals surface area contributed by atoms with Crippen LogP contribution in [0.4, 0.5) is 5.69 Å². The fraction of sp³-hybridized carbons (Fsp3) is 0.368. The summed E-state index contributed by atoms with van der Waals surface area (Å²) in [6, 6.07) is 11.9. The smallest absolute Gasteiger partial charge is 0.257 e. The van der Waals surface area contributed by atoms with E-state index in [9.17, 15) is 4.79 Å². The SMILES string of the molecule is CCc1ccc(C(=O)Nc2ccc(C3CCCNC3)cc2)cn1. The summed E-state index contributed by atoms with van der Waals surface area (Å²) in [5, 5.41) is 6.37. The fourth-order valence-electron chi connectivity index (χ4n) is 2.95. The molecule has 1 saturated heterocycles. The van der Waals surface area contributed by atoms with E-state index >= 15 is 0 Å². The average molecular weight is 309 g/mol. The minimum absolute atomic E-state index is 0.118. The summed E-state index contributed by atoms with van der Waals surface area (Å²) in [4.78, 5) is 16.5. The molecule has 1 aliphatic rings. The van der Waals surface area contributed by atoms with Crippen LogP contribution < -0.4 is 10.6 Å². The van der Waals surface area contributed by atoms with Gasteiger partial charge in [0.05, 0.1) is 5.56 Å². The van der Waals surface area contributed by atoms with Crippen LogP contribution >= 0.6 is 0 Å². The first-order chi connectivity index (χ1) is 11.3. The number of carbonyl (C=O) groups is 1. The molecule has 2 aromatic rings. The Kier molecular flexibility index (Phi) is 5.03. The molecule has 3 rings (SSSR count). The predicted octanol–water partition coefficient (Wildman–Crippen LogP) is 3.36. The summed E-state index contributed by atoms with van der Waals surface area (Å²) in [6.45, 7) is 4.21. The Morgan fingerprint density at radius 1 is 1.26 bits per heavy atom. The lowest BCUT2D eigenvalue weighted by Gasteiger charge is -2.23. The van der Waals surface area contributed by atoms with E-state index in [4.69, 9.17) is 0 Å². The van der Waals surface area contributed by atoms with Crippen molar-refractivity contribution >= 4 is 11.6 Å². The minimum Gasteiger partial charge on any atom is -0.322 e. The molecule has 1 fully saturated rings. The summed E-state index contributed by atoms with van der Waals surface area (Å²) in [6.07, 6.45) is 4.97. The monoisotopic (exact) mass is 309 g/mol. The molecule has 1 atom stereocenters. The fourth-order valence-corrected chi connectivity index (χ4v) is 2.95. The molecule has 2 heterocycles. The topological polar surface area (TPSA) is 54.0 Å². The van der Waals surface area contributed by atoms with E-state index in [1.807, 2.05) is 31.2 Å². The number of piperidine rings is 1. The molecule has 120 valence electrons. The third kappa shape index (κ3) is 3.96. The number of aryl methyl sites for hydroxylation is 1. The molecule has 0 aliphatic carbocycles. The number of aromatic nitrogens is 1. The van der Waals surface area contributed by atoms with Crippen LogP contribution in [0.5, 0.6) is 0 Å². The second-order valence-corrected chi connectivity index (χ2v) is 6.01. The summed E-state index contributed by atoms with van der Waals surface area (Å²) >= 11 is 0. The van der Waals surface area contributed by atoms with Crippen LogP contribution in [0.25, 0.3) is 0 Å². The molecule has 1 aliphatic heterocycles. The van der Waals surface area contributed by atoms with Gasteiger partial charge in [-0.05, 0) is 61.6 Å². The number of hydrogen-bond acceptors (Lipinski definition) is 3. The Hall–Kier alpha value is -2.20. The van der Waals surface area contributed by atoms with E-state index in [1.54, 1.807) is 6.20 Å². The van der Waals surface area contributed by atoms with E-state index in [1.165, 1.54) is 18.4 Å². The Balaban J connectivity index is 1.63. The number of benzene rings is 1. The third-order valence-corrected chi connectivity index (χ3v) is 4.39. The second-order valence-electron chi connectivity index (χ2n) is 6.01. The summed E-state index contributed by atoms with van der Waals surface area (Å²) in [7, 11) is 0. The standard InChI is InChI=1S/C19H23N3O/c1-2-17-8-7-16(13-21-17)19(23)22-18-9-5-14(6-10-18)15-4-3-11-20-12-15/h5-10,13,15,20H,2-4,11-12H2,1H3,(H,22,23). The van der Waals surface area contributed by atoms with Gasteiger partial charge in [-0.2, -0.15) is 0 Å². The van der Waals surface area contributed by atoms with Crippen LogP contribution in [0.1, 0.15) is 47.3 Å². The molecule has 1 aromatic heterocycles. The summed E-state index contributed by atoms with van der Waals surface area (Å²) in [5.41, 5.74) is 3.74. The maximum absolute atomic E-state index is 12.2. The van der Waals surface area contributed by atoms with Gasteiger partial charge in [0.15, 0.2) is 0 Å². The Bertz CT molecular complexity index is 643. The van der Waals surface area contributed by atoms with Gasteiger partial charge in [0.1, 0.15) is 0 Å². The number of hydrogen-bond donors (Lipinski definition) is 2. The highest BCUT2D eigenvalue weighted by molar-refractivity contribution is 6.04. The maximum atomic E-state index is 12.2. The molecule has 0 bridgehead atoms. The quantitative estimate of drug-likeness (QED) is 0.910. The van der Waals surface area contributed by atoms with Gasteiger partial charge in [0.2, 0.25) is 0 Å². The molecule has 1 aromatic carbocycles. The lowest BCUT2D eigenvalue weighted by Crippen LogP contribution is -2.28. The molecule has 1 amide bonds. The van der Waals surface area contributed by atoms with Gasteiger partial charge in [0.25, 0.3) is 5.91 Å². The van der Waals surface area contributed by atoms with Gasteiger partial charge < -0.3 is 10.6 Å². The van der Waals surface area contributed by atoms with Crippen LogP contribution in [0.15, 0.2) is 42.6 Å². The van der Waals surface area contributed by atoms with Gasteiger partial charge in [-0.1, -0.05) is 19.1 Å². The van der Waals surface area contributed by atoms with Crippen LogP contribution in [-0.2, 0) is 6.42 Å². The van der Waals surface area contributed by atoms with Crippen molar-refractivity contribution in [3.05, 3.63) is 59.4 Å². The van der Waals surface area contributed by atoms with Crippen molar-refractivity contribution in [2.24, 2.45) is 0 Å². The van der Waals surface area contributed by atoms with Gasteiger partial charge in [-0.15, -0.1) is 0 Å².